The molecule has 0 amide bonds. The molecule has 1 saturated heterocycles. The van der Waals surface area contributed by atoms with E-state index in [1.165, 1.54) is 44.3 Å². The van der Waals surface area contributed by atoms with Gasteiger partial charge in [-0.05, 0) is 30.2 Å². The summed E-state index contributed by atoms with van der Waals surface area (Å²) in [5, 5.41) is 3.43. The number of nitrogens with one attached hydrogen (secondary N) is 1. The van der Waals surface area contributed by atoms with Crippen molar-refractivity contribution in [2.24, 2.45) is 5.41 Å². The van der Waals surface area contributed by atoms with Crippen LogP contribution in [0.25, 0.3) is 0 Å². The molecule has 0 radical (unpaired) electrons. The third-order valence-electron chi connectivity index (χ3n) is 3.73. The fourth-order valence-electron chi connectivity index (χ4n) is 2.64. The molecular weight excluding hydrogens is 210 g/mol. The molecule has 1 aromatic rings. The maximum atomic E-state index is 5.11. The van der Waals surface area contributed by atoms with Crippen LogP contribution in [0.4, 0.5) is 0 Å². The summed E-state index contributed by atoms with van der Waals surface area (Å²) in [5.74, 6) is 0. The highest BCUT2D eigenvalue weighted by atomic mass is 16.5. The van der Waals surface area contributed by atoms with E-state index in [-0.39, 0.29) is 0 Å². The van der Waals surface area contributed by atoms with E-state index in [4.69, 9.17) is 4.74 Å². The van der Waals surface area contributed by atoms with E-state index in [2.05, 4.69) is 35.6 Å². The quantitative estimate of drug-likeness (QED) is 0.731. The molecule has 1 aliphatic rings. The predicted molar refractivity (Wildman–Crippen MR) is 71.2 cm³/mol. The van der Waals surface area contributed by atoms with Crippen LogP contribution in [0.3, 0.4) is 0 Å². The second kappa shape index (κ2) is 6.18. The van der Waals surface area contributed by atoms with Crippen molar-refractivity contribution in [1.82, 2.24) is 5.32 Å². The molecule has 1 heterocycles. The van der Waals surface area contributed by atoms with E-state index in [1.54, 1.807) is 7.11 Å². The Morgan fingerprint density at radius 3 is 2.53 bits per heavy atom. The lowest BCUT2D eigenvalue weighted by Gasteiger charge is -2.43. The van der Waals surface area contributed by atoms with Gasteiger partial charge in [0.1, 0.15) is 0 Å². The van der Waals surface area contributed by atoms with Gasteiger partial charge in [0, 0.05) is 26.8 Å². The fourth-order valence-corrected chi connectivity index (χ4v) is 2.64. The molecule has 1 aromatic carbocycles. The minimum Gasteiger partial charge on any atom is -0.385 e. The highest BCUT2D eigenvalue weighted by Gasteiger charge is 2.35. The molecule has 0 aliphatic carbocycles. The van der Waals surface area contributed by atoms with Gasteiger partial charge in [0.15, 0.2) is 0 Å². The summed E-state index contributed by atoms with van der Waals surface area (Å²) in [6, 6.07) is 10.9. The first-order valence-electron chi connectivity index (χ1n) is 6.58. The third-order valence-corrected chi connectivity index (χ3v) is 3.73. The van der Waals surface area contributed by atoms with Crippen molar-refractivity contribution in [1.29, 1.82) is 0 Å². The van der Waals surface area contributed by atoms with Gasteiger partial charge in [0.2, 0.25) is 0 Å². The molecule has 0 saturated carbocycles. The van der Waals surface area contributed by atoms with E-state index < -0.39 is 0 Å². The van der Waals surface area contributed by atoms with Crippen LogP contribution in [0.1, 0.15) is 24.8 Å². The smallest absolute Gasteiger partial charge is 0.0462 e. The minimum atomic E-state index is 0.509. The molecule has 1 fully saturated rings. The van der Waals surface area contributed by atoms with Gasteiger partial charge in [0.05, 0.1) is 0 Å². The highest BCUT2D eigenvalue weighted by molar-refractivity contribution is 5.18. The summed E-state index contributed by atoms with van der Waals surface area (Å²) < 4.78 is 5.11. The summed E-state index contributed by atoms with van der Waals surface area (Å²) in [6.45, 7) is 3.25. The van der Waals surface area contributed by atoms with Crippen molar-refractivity contribution < 1.29 is 4.74 Å². The van der Waals surface area contributed by atoms with Gasteiger partial charge in [-0.1, -0.05) is 36.8 Å². The Bertz CT molecular complexity index is 319. The normalized spacial score (nSPS) is 17.7. The Balaban J connectivity index is 1.82. The van der Waals surface area contributed by atoms with Crippen molar-refractivity contribution in [2.45, 2.75) is 25.7 Å². The van der Waals surface area contributed by atoms with Crippen molar-refractivity contribution >= 4 is 0 Å². The largest absolute Gasteiger partial charge is 0.385 e. The van der Waals surface area contributed by atoms with E-state index >= 15 is 0 Å². The van der Waals surface area contributed by atoms with E-state index in [9.17, 15) is 0 Å². The zero-order valence-corrected chi connectivity index (χ0v) is 10.7. The summed E-state index contributed by atoms with van der Waals surface area (Å²) in [4.78, 5) is 0. The molecule has 1 N–H and O–H groups in total. The summed E-state index contributed by atoms with van der Waals surface area (Å²) in [6.07, 6.45) is 5.00. The lowest BCUT2D eigenvalue weighted by Crippen LogP contribution is -2.54. The van der Waals surface area contributed by atoms with Gasteiger partial charge >= 0.3 is 0 Å². The van der Waals surface area contributed by atoms with E-state index in [1.807, 2.05) is 0 Å². The maximum absolute atomic E-state index is 5.11. The average molecular weight is 233 g/mol. The first-order chi connectivity index (χ1) is 8.35. The lowest BCUT2D eigenvalue weighted by molar-refractivity contribution is 0.135. The van der Waals surface area contributed by atoms with Crippen LogP contribution in [0.2, 0.25) is 0 Å². The van der Waals surface area contributed by atoms with Crippen LogP contribution < -0.4 is 5.32 Å². The Labute approximate surface area is 104 Å². The predicted octanol–water partition coefficient (Wildman–Crippen LogP) is 2.64. The Morgan fingerprint density at radius 1 is 1.18 bits per heavy atom. The van der Waals surface area contributed by atoms with Crippen molar-refractivity contribution in [3.05, 3.63) is 35.9 Å². The van der Waals surface area contributed by atoms with Gasteiger partial charge in [-0.3, -0.25) is 0 Å². The Morgan fingerprint density at radius 2 is 1.94 bits per heavy atom. The molecule has 0 aromatic heterocycles. The summed E-state index contributed by atoms with van der Waals surface area (Å²) in [7, 11) is 1.78. The Hall–Kier alpha value is -0.860. The SMILES string of the molecule is COCCCCC1(Cc2ccccc2)CNC1. The molecule has 2 rings (SSSR count). The third kappa shape index (κ3) is 3.55. The lowest BCUT2D eigenvalue weighted by atomic mass is 9.73. The van der Waals surface area contributed by atoms with E-state index in [0.29, 0.717) is 5.41 Å². The van der Waals surface area contributed by atoms with Gasteiger partial charge in [0.25, 0.3) is 0 Å². The highest BCUT2D eigenvalue weighted by Crippen LogP contribution is 2.33. The standard InChI is InChI=1S/C15H23NO/c1-17-10-6-5-9-15(12-16-13-15)11-14-7-3-2-4-8-14/h2-4,7-8,16H,5-6,9-13H2,1H3. The molecule has 0 spiro atoms. The molecule has 0 bridgehead atoms. The number of hydrogen-bond acceptors (Lipinski definition) is 2. The minimum absolute atomic E-state index is 0.509. The van der Waals surface area contributed by atoms with Gasteiger partial charge < -0.3 is 10.1 Å². The summed E-state index contributed by atoms with van der Waals surface area (Å²) in [5.41, 5.74) is 1.98. The Kier molecular flexibility index (Phi) is 4.57. The first kappa shape index (κ1) is 12.6. The number of hydrogen-bond donors (Lipinski definition) is 1. The fraction of sp³-hybridized carbons (Fsp3) is 0.600. The molecule has 0 atom stereocenters. The van der Waals surface area contributed by atoms with Crippen LogP contribution in [0.15, 0.2) is 30.3 Å². The van der Waals surface area contributed by atoms with Crippen molar-refractivity contribution in [3.8, 4) is 0 Å². The zero-order chi connectivity index (χ0) is 12.0. The molecule has 1 aliphatic heterocycles. The van der Waals surface area contributed by atoms with Gasteiger partial charge in [-0.2, -0.15) is 0 Å². The van der Waals surface area contributed by atoms with Gasteiger partial charge in [-0.15, -0.1) is 0 Å². The van der Waals surface area contributed by atoms with Crippen molar-refractivity contribution in [2.75, 3.05) is 26.8 Å². The van der Waals surface area contributed by atoms with Crippen LogP contribution in [-0.2, 0) is 11.2 Å². The van der Waals surface area contributed by atoms with Crippen LogP contribution in [-0.4, -0.2) is 26.8 Å². The van der Waals surface area contributed by atoms with Crippen LogP contribution in [0, 0.1) is 5.41 Å². The number of methoxy groups -OCH3 is 1. The molecule has 94 valence electrons. The second-order valence-electron chi connectivity index (χ2n) is 5.22. The molecule has 2 nitrogen and oxygen atoms in total. The van der Waals surface area contributed by atoms with Gasteiger partial charge in [-0.25, -0.2) is 0 Å². The van der Waals surface area contributed by atoms with Crippen LogP contribution in [0.5, 0.6) is 0 Å². The number of benzene rings is 1. The number of unbranched alkanes of at least 4 members (excludes halogenated alkanes) is 1. The maximum Gasteiger partial charge on any atom is 0.0462 e. The molecule has 17 heavy (non-hydrogen) atoms. The topological polar surface area (TPSA) is 21.3 Å². The number of rotatable bonds is 7. The zero-order valence-electron chi connectivity index (χ0n) is 10.7. The monoisotopic (exact) mass is 233 g/mol. The molecule has 2 heteroatoms. The second-order valence-corrected chi connectivity index (χ2v) is 5.22. The van der Waals surface area contributed by atoms with Crippen molar-refractivity contribution in [3.63, 3.8) is 0 Å². The average Bonchev–Trinajstić information content (AvgIpc) is 2.32. The first-order valence-corrected chi connectivity index (χ1v) is 6.58. The van der Waals surface area contributed by atoms with E-state index in [0.717, 1.165) is 6.61 Å². The van der Waals surface area contributed by atoms with Crippen LogP contribution >= 0.6 is 0 Å². The molecule has 0 unspecified atom stereocenters. The summed E-state index contributed by atoms with van der Waals surface area (Å²) >= 11 is 0. The number of ether oxygens (including phenoxy) is 1. The molecular formula is C15H23NO.